The fraction of sp³-hybridized carbons (Fsp3) is 0.391. The van der Waals surface area contributed by atoms with Crippen LogP contribution < -0.4 is 10.1 Å². The quantitative estimate of drug-likeness (QED) is 0.457. The third kappa shape index (κ3) is 7.41. The summed E-state index contributed by atoms with van der Waals surface area (Å²) in [6, 6.07) is 10.2. The fourth-order valence-electron chi connectivity index (χ4n) is 2.93. The Bertz CT molecular complexity index is 937. The van der Waals surface area contributed by atoms with E-state index in [-0.39, 0.29) is 31.0 Å². The normalized spacial score (nSPS) is 11.9. The molecule has 168 valence electrons. The number of ether oxygens (including phenoxy) is 1. The smallest absolute Gasteiger partial charge is 0.261 e. The highest BCUT2D eigenvalue weighted by Crippen LogP contribution is 2.27. The third-order valence-electron chi connectivity index (χ3n) is 4.69. The number of nitrogens with one attached hydrogen (secondary N) is 1. The zero-order chi connectivity index (χ0) is 23.1. The second kappa shape index (κ2) is 11.7. The molecule has 0 aliphatic rings. The third-order valence-corrected chi connectivity index (χ3v) is 6.05. The van der Waals surface area contributed by atoms with Gasteiger partial charge in [0.2, 0.25) is 5.91 Å². The molecule has 8 heteroatoms. The summed E-state index contributed by atoms with van der Waals surface area (Å²) in [4.78, 5) is 27.2. The van der Waals surface area contributed by atoms with E-state index in [1.54, 1.807) is 25.1 Å². The number of carbonyl (C=O) groups is 2. The highest BCUT2D eigenvalue weighted by atomic mass is 79.9. The lowest BCUT2D eigenvalue weighted by atomic mass is 10.1. The molecule has 0 unspecified atom stereocenters. The molecule has 0 aromatic heterocycles. The molecule has 5 nitrogen and oxygen atoms in total. The molecule has 2 aromatic carbocycles. The number of benzene rings is 2. The molecule has 0 bridgehead atoms. The van der Waals surface area contributed by atoms with Crippen LogP contribution in [0.15, 0.2) is 40.9 Å². The van der Waals surface area contributed by atoms with Crippen LogP contribution in [-0.2, 0) is 22.6 Å². The van der Waals surface area contributed by atoms with Crippen LogP contribution in [-0.4, -0.2) is 35.4 Å². The van der Waals surface area contributed by atoms with Crippen LogP contribution >= 0.6 is 39.1 Å². The zero-order valence-corrected chi connectivity index (χ0v) is 21.1. The van der Waals surface area contributed by atoms with Gasteiger partial charge in [0.25, 0.3) is 5.91 Å². The van der Waals surface area contributed by atoms with Gasteiger partial charge in [0.1, 0.15) is 11.8 Å². The molecule has 1 N–H and O–H groups in total. The Balaban J connectivity index is 2.20. The van der Waals surface area contributed by atoms with Gasteiger partial charge in [-0.3, -0.25) is 9.59 Å². The molecule has 0 aliphatic heterocycles. The minimum atomic E-state index is -0.695. The van der Waals surface area contributed by atoms with E-state index >= 15 is 0 Å². The van der Waals surface area contributed by atoms with E-state index < -0.39 is 6.04 Å². The van der Waals surface area contributed by atoms with Crippen LogP contribution in [0, 0.1) is 0 Å². The van der Waals surface area contributed by atoms with Gasteiger partial charge in [-0.25, -0.2) is 0 Å². The second-order valence-electron chi connectivity index (χ2n) is 7.52. The summed E-state index contributed by atoms with van der Waals surface area (Å²) in [6.07, 6.45) is 0.901. The minimum Gasteiger partial charge on any atom is -0.483 e. The second-order valence-corrected chi connectivity index (χ2v) is 9.19. The molecule has 0 spiro atoms. The van der Waals surface area contributed by atoms with Crippen LogP contribution in [0.3, 0.4) is 0 Å². The van der Waals surface area contributed by atoms with E-state index in [9.17, 15) is 9.59 Å². The highest BCUT2D eigenvalue weighted by Gasteiger charge is 2.27. The summed E-state index contributed by atoms with van der Waals surface area (Å²) in [7, 11) is 0. The average Bonchev–Trinajstić information content (AvgIpc) is 2.72. The van der Waals surface area contributed by atoms with Crippen LogP contribution in [0.4, 0.5) is 0 Å². The fourth-order valence-corrected chi connectivity index (χ4v) is 3.79. The van der Waals surface area contributed by atoms with Crippen molar-refractivity contribution in [3.05, 3.63) is 62.0 Å². The van der Waals surface area contributed by atoms with Gasteiger partial charge in [-0.05, 0) is 78.5 Å². The molecule has 0 radical (unpaired) electrons. The first kappa shape index (κ1) is 25.5. The van der Waals surface area contributed by atoms with Gasteiger partial charge < -0.3 is 15.0 Å². The number of rotatable bonds is 9. The average molecular weight is 530 g/mol. The summed E-state index contributed by atoms with van der Waals surface area (Å²) in [5, 5.41) is 3.67. The molecule has 0 aliphatic carbocycles. The Morgan fingerprint density at radius 2 is 1.74 bits per heavy atom. The van der Waals surface area contributed by atoms with Gasteiger partial charge in [-0.15, -0.1) is 0 Å². The number of aryl methyl sites for hydroxylation is 1. The Labute approximate surface area is 202 Å². The first-order valence-corrected chi connectivity index (χ1v) is 11.6. The van der Waals surface area contributed by atoms with Crippen molar-refractivity contribution < 1.29 is 14.3 Å². The van der Waals surface area contributed by atoms with Crippen molar-refractivity contribution in [2.45, 2.75) is 52.7 Å². The topological polar surface area (TPSA) is 58.6 Å². The maximum absolute atomic E-state index is 13.1. The molecule has 0 fully saturated rings. The maximum Gasteiger partial charge on any atom is 0.261 e. The SMILES string of the molecule is CCc1ccc(OCC(=O)N(Cc2ccc(Cl)c(Cl)c2)[C@@H](C)C(=O)NC(C)C)c(Br)c1. The maximum atomic E-state index is 13.1. The summed E-state index contributed by atoms with van der Waals surface area (Å²) in [6.45, 7) is 7.49. The van der Waals surface area contributed by atoms with Gasteiger partial charge >= 0.3 is 0 Å². The molecule has 1 atom stereocenters. The van der Waals surface area contributed by atoms with Crippen LogP contribution in [0.1, 0.15) is 38.8 Å². The Kier molecular flexibility index (Phi) is 9.66. The lowest BCUT2D eigenvalue weighted by Crippen LogP contribution is -2.50. The number of nitrogens with zero attached hydrogens (tertiary/aromatic N) is 1. The van der Waals surface area contributed by atoms with Gasteiger partial charge in [0.05, 0.1) is 14.5 Å². The number of hydrogen-bond acceptors (Lipinski definition) is 3. The van der Waals surface area contributed by atoms with E-state index in [0.717, 1.165) is 22.0 Å². The Morgan fingerprint density at radius 3 is 2.32 bits per heavy atom. The van der Waals surface area contributed by atoms with Crippen LogP contribution in [0.25, 0.3) is 0 Å². The predicted octanol–water partition coefficient (Wildman–Crippen LogP) is 5.64. The van der Waals surface area contributed by atoms with Crippen molar-refractivity contribution in [3.63, 3.8) is 0 Å². The molecule has 2 amide bonds. The van der Waals surface area contributed by atoms with Crippen molar-refractivity contribution >= 4 is 50.9 Å². The van der Waals surface area contributed by atoms with Crippen LogP contribution in [0.2, 0.25) is 10.0 Å². The number of hydrogen-bond donors (Lipinski definition) is 1. The predicted molar refractivity (Wildman–Crippen MR) is 129 cm³/mol. The van der Waals surface area contributed by atoms with Crippen molar-refractivity contribution in [1.82, 2.24) is 10.2 Å². The van der Waals surface area contributed by atoms with Gasteiger partial charge in [-0.1, -0.05) is 42.3 Å². The molecule has 2 rings (SSSR count). The van der Waals surface area contributed by atoms with Crippen LogP contribution in [0.5, 0.6) is 5.75 Å². The molecular weight excluding hydrogens is 503 g/mol. The molecule has 2 aromatic rings. The summed E-state index contributed by atoms with van der Waals surface area (Å²) < 4.78 is 6.53. The standard InChI is InChI=1S/C23H27BrCl2N2O3/c1-5-16-7-9-21(18(24)10-16)31-13-22(29)28(15(4)23(30)27-14(2)3)12-17-6-8-19(25)20(26)11-17/h6-11,14-15H,5,12-13H2,1-4H3,(H,27,30)/t15-/m0/s1. The van der Waals surface area contributed by atoms with E-state index in [4.69, 9.17) is 27.9 Å². The van der Waals surface area contributed by atoms with Gasteiger partial charge in [0, 0.05) is 12.6 Å². The van der Waals surface area contributed by atoms with Crippen molar-refractivity contribution in [1.29, 1.82) is 0 Å². The minimum absolute atomic E-state index is 0.0406. The number of carbonyl (C=O) groups excluding carboxylic acids is 2. The Morgan fingerprint density at radius 1 is 1.06 bits per heavy atom. The van der Waals surface area contributed by atoms with Crippen molar-refractivity contribution in [2.24, 2.45) is 0 Å². The molecule has 0 heterocycles. The zero-order valence-electron chi connectivity index (χ0n) is 18.0. The van der Waals surface area contributed by atoms with E-state index in [1.165, 1.54) is 4.90 Å². The van der Waals surface area contributed by atoms with Gasteiger partial charge in [0.15, 0.2) is 6.61 Å². The lowest BCUT2D eigenvalue weighted by molar-refractivity contribution is -0.142. The summed E-state index contributed by atoms with van der Waals surface area (Å²) in [5.74, 6) is 0.0140. The van der Waals surface area contributed by atoms with Crippen molar-refractivity contribution in [3.8, 4) is 5.75 Å². The van der Waals surface area contributed by atoms with E-state index in [1.807, 2.05) is 32.0 Å². The first-order chi connectivity index (χ1) is 14.6. The molecule has 0 saturated carbocycles. The van der Waals surface area contributed by atoms with E-state index in [2.05, 4.69) is 28.2 Å². The van der Waals surface area contributed by atoms with Crippen molar-refractivity contribution in [2.75, 3.05) is 6.61 Å². The largest absolute Gasteiger partial charge is 0.483 e. The van der Waals surface area contributed by atoms with E-state index in [0.29, 0.717) is 15.8 Å². The Hall–Kier alpha value is -1.76. The molecule has 0 saturated heterocycles. The highest BCUT2D eigenvalue weighted by molar-refractivity contribution is 9.10. The number of halogens is 3. The van der Waals surface area contributed by atoms with Gasteiger partial charge in [-0.2, -0.15) is 0 Å². The summed E-state index contributed by atoms with van der Waals surface area (Å²) in [5.41, 5.74) is 1.92. The first-order valence-electron chi connectivity index (χ1n) is 10.1. The molecule has 31 heavy (non-hydrogen) atoms. The lowest BCUT2D eigenvalue weighted by Gasteiger charge is -2.29. The monoisotopic (exact) mass is 528 g/mol. The summed E-state index contributed by atoms with van der Waals surface area (Å²) >= 11 is 15.6. The number of amides is 2. The molecular formula is C23H27BrCl2N2O3.